The van der Waals surface area contributed by atoms with Crippen molar-refractivity contribution < 1.29 is 19.5 Å². The van der Waals surface area contributed by atoms with E-state index in [-0.39, 0.29) is 40.7 Å². The molecule has 0 unspecified atom stereocenters. The number of rotatable bonds is 8. The Morgan fingerprint density at radius 1 is 1.18 bits per heavy atom. The third-order valence-corrected chi connectivity index (χ3v) is 7.86. The molecule has 39 heavy (non-hydrogen) atoms. The normalized spacial score (nSPS) is 11.5. The molecule has 204 valence electrons. The highest BCUT2D eigenvalue weighted by atomic mass is 35.5. The monoisotopic (exact) mass is 587 g/mol. The van der Waals surface area contributed by atoms with Crippen molar-refractivity contribution in [1.82, 2.24) is 18.7 Å². The lowest BCUT2D eigenvalue weighted by Gasteiger charge is -2.22. The molecule has 0 saturated heterocycles. The lowest BCUT2D eigenvalue weighted by molar-refractivity contribution is 0.0692. The molecule has 4 heterocycles. The molecule has 4 aromatic rings. The molecule has 0 saturated carbocycles. The fraction of sp³-hybridized carbons (Fsp3) is 0.308. The number of carbonyl (C=O) groups excluding carboxylic acids is 2. The minimum Gasteiger partial charge on any atom is -0.478 e. The number of aromatic nitrogens is 4. The van der Waals surface area contributed by atoms with Crippen LogP contribution in [0.5, 0.6) is 0 Å². The Kier molecular flexibility index (Phi) is 7.92. The smallest absolute Gasteiger partial charge is 0.337 e. The molecule has 0 aliphatic heterocycles. The summed E-state index contributed by atoms with van der Waals surface area (Å²) in [5, 5.41) is 15.9. The summed E-state index contributed by atoms with van der Waals surface area (Å²) in [6.45, 7) is 6.79. The molecule has 0 amide bonds. The molecule has 0 aliphatic rings. The molecule has 0 bridgehead atoms. The molecule has 0 atom stereocenters. The van der Waals surface area contributed by atoms with Crippen LogP contribution in [0.3, 0.4) is 0 Å². The van der Waals surface area contributed by atoms with E-state index < -0.39 is 16.9 Å². The Labute approximate surface area is 237 Å². The van der Waals surface area contributed by atoms with Crippen LogP contribution < -0.4 is 10.5 Å². The van der Waals surface area contributed by atoms with Crippen LogP contribution in [0.2, 0.25) is 4.34 Å². The van der Waals surface area contributed by atoms with Gasteiger partial charge in [0.25, 0.3) is 11.5 Å². The van der Waals surface area contributed by atoms with Crippen molar-refractivity contribution >= 4 is 57.9 Å². The van der Waals surface area contributed by atoms with Crippen LogP contribution in [-0.4, -0.2) is 48.5 Å². The predicted molar refractivity (Wildman–Crippen MR) is 152 cm³/mol. The molecule has 0 aromatic carbocycles. The van der Waals surface area contributed by atoms with Crippen molar-refractivity contribution in [2.75, 3.05) is 11.9 Å². The third-order valence-electron chi connectivity index (χ3n) is 6.06. The van der Waals surface area contributed by atoms with Crippen molar-refractivity contribution in [1.29, 1.82) is 0 Å². The summed E-state index contributed by atoms with van der Waals surface area (Å²) < 4.78 is 6.91. The quantitative estimate of drug-likeness (QED) is 0.282. The Balaban J connectivity index is 1.86. The highest BCUT2D eigenvalue weighted by molar-refractivity contribution is 7.16. The van der Waals surface area contributed by atoms with Gasteiger partial charge in [0.1, 0.15) is 11.5 Å². The summed E-state index contributed by atoms with van der Waals surface area (Å²) in [5.74, 6) is -1.54. The maximum atomic E-state index is 13.7. The van der Waals surface area contributed by atoms with Crippen molar-refractivity contribution in [3.63, 3.8) is 0 Å². The standard InChI is InChI=1S/C26H26ClN5O5S2/c1-14-17(24(35)36)8-18(23(34)31(14)12-20(33)15-10-28-38-13-15)19-9-22(32(29-19)25(37)26(2,3)4)30(5)11-16-6-7-21(27)39-16/h6-10,13H,11-12H2,1-5H3,(H,35,36). The summed E-state index contributed by atoms with van der Waals surface area (Å²) in [6.07, 6.45) is 1.40. The number of aromatic carboxylic acids is 1. The molecule has 13 heteroatoms. The van der Waals surface area contributed by atoms with Crippen LogP contribution in [0.15, 0.2) is 40.6 Å². The predicted octanol–water partition coefficient (Wildman–Crippen LogP) is 5.10. The summed E-state index contributed by atoms with van der Waals surface area (Å²) in [4.78, 5) is 54.7. The number of hydrogen-bond donors (Lipinski definition) is 1. The van der Waals surface area contributed by atoms with Crippen molar-refractivity contribution in [3.05, 3.63) is 72.2 Å². The number of carboxylic acids is 1. The zero-order valence-corrected chi connectivity index (χ0v) is 24.3. The fourth-order valence-corrected chi connectivity index (χ4v) is 5.60. The lowest BCUT2D eigenvalue weighted by Crippen LogP contribution is -2.31. The average molecular weight is 588 g/mol. The second-order valence-corrected chi connectivity index (χ2v) is 12.5. The number of anilines is 1. The van der Waals surface area contributed by atoms with Crippen molar-refractivity contribution in [2.45, 2.75) is 40.8 Å². The summed E-state index contributed by atoms with van der Waals surface area (Å²) in [6, 6.07) is 6.48. The van der Waals surface area contributed by atoms with Crippen molar-refractivity contribution in [3.8, 4) is 11.3 Å². The van der Waals surface area contributed by atoms with Crippen LogP contribution in [0, 0.1) is 12.3 Å². The van der Waals surface area contributed by atoms with E-state index in [4.69, 9.17) is 11.6 Å². The van der Waals surface area contributed by atoms with Gasteiger partial charge in [-0.05, 0) is 36.7 Å². The van der Waals surface area contributed by atoms with Crippen LogP contribution in [-0.2, 0) is 13.1 Å². The first kappa shape index (κ1) is 28.4. The number of thiophene rings is 1. The number of pyridine rings is 1. The fourth-order valence-electron chi connectivity index (χ4n) is 3.91. The van der Waals surface area contributed by atoms with Gasteiger partial charge in [0.2, 0.25) is 0 Å². The van der Waals surface area contributed by atoms with E-state index in [2.05, 4.69) is 9.47 Å². The molecular formula is C26H26ClN5O5S2. The van der Waals surface area contributed by atoms with Gasteiger partial charge in [-0.1, -0.05) is 32.4 Å². The van der Waals surface area contributed by atoms with Gasteiger partial charge in [-0.25, -0.2) is 9.17 Å². The summed E-state index contributed by atoms with van der Waals surface area (Å²) in [7, 11) is 1.78. The van der Waals surface area contributed by atoms with Gasteiger partial charge < -0.3 is 14.6 Å². The number of ketones is 1. The number of Topliss-reactive ketones (excluding diaryl/α,β-unsaturated/α-hetero) is 1. The Bertz CT molecular complexity index is 1630. The Hall–Kier alpha value is -3.61. The molecule has 0 fully saturated rings. The van der Waals surface area contributed by atoms with E-state index in [0.29, 0.717) is 22.3 Å². The van der Waals surface area contributed by atoms with Crippen LogP contribution >= 0.6 is 34.5 Å². The second kappa shape index (κ2) is 10.9. The molecule has 0 spiro atoms. The van der Waals surface area contributed by atoms with E-state index in [9.17, 15) is 24.3 Å². The van der Waals surface area contributed by atoms with E-state index in [1.165, 1.54) is 35.2 Å². The molecule has 4 rings (SSSR count). The first-order valence-electron chi connectivity index (χ1n) is 11.8. The van der Waals surface area contributed by atoms with Gasteiger partial charge in [-0.15, -0.1) is 11.3 Å². The first-order valence-corrected chi connectivity index (χ1v) is 13.8. The molecule has 0 radical (unpaired) electrons. The molecule has 1 N–H and O–H groups in total. The number of carboxylic acid groups (broad SMARTS) is 1. The van der Waals surface area contributed by atoms with E-state index in [1.54, 1.807) is 50.2 Å². The highest BCUT2D eigenvalue weighted by Crippen LogP contribution is 2.30. The third kappa shape index (κ3) is 5.87. The zero-order valence-electron chi connectivity index (χ0n) is 21.9. The lowest BCUT2D eigenvalue weighted by atomic mass is 9.96. The van der Waals surface area contributed by atoms with Gasteiger partial charge in [0.05, 0.1) is 40.3 Å². The summed E-state index contributed by atoms with van der Waals surface area (Å²) in [5.41, 5.74) is -1.02. The number of carbonyl (C=O) groups is 3. The van der Waals surface area contributed by atoms with E-state index in [0.717, 1.165) is 21.0 Å². The number of hydrogen-bond acceptors (Lipinski definition) is 9. The molecule has 4 aromatic heterocycles. The zero-order chi connectivity index (χ0) is 28.6. The average Bonchev–Trinajstić information content (AvgIpc) is 3.61. The van der Waals surface area contributed by atoms with Crippen LogP contribution in [0.4, 0.5) is 5.82 Å². The SMILES string of the molecule is Cc1c(C(=O)O)cc(-c2cc(N(C)Cc3ccc(Cl)s3)n(C(=O)C(C)(C)C)n2)c(=O)n1CC(=O)c1cnsc1. The molecular weight excluding hydrogens is 562 g/mol. The molecule has 0 aliphatic carbocycles. The van der Waals surface area contributed by atoms with Crippen LogP contribution in [0.1, 0.15) is 56.9 Å². The largest absolute Gasteiger partial charge is 0.478 e. The maximum absolute atomic E-state index is 13.7. The van der Waals surface area contributed by atoms with Gasteiger partial charge in [0, 0.05) is 34.5 Å². The van der Waals surface area contributed by atoms with Crippen LogP contribution in [0.25, 0.3) is 11.3 Å². The Morgan fingerprint density at radius 3 is 2.46 bits per heavy atom. The van der Waals surface area contributed by atoms with E-state index >= 15 is 0 Å². The maximum Gasteiger partial charge on any atom is 0.337 e. The van der Waals surface area contributed by atoms with Gasteiger partial charge >= 0.3 is 5.97 Å². The topological polar surface area (TPSA) is 127 Å². The summed E-state index contributed by atoms with van der Waals surface area (Å²) >= 11 is 8.59. The second-order valence-electron chi connectivity index (χ2n) is 10.0. The first-order chi connectivity index (χ1) is 18.3. The minimum absolute atomic E-state index is 0.0384. The highest BCUT2D eigenvalue weighted by Gasteiger charge is 2.29. The molecule has 10 nitrogen and oxygen atoms in total. The Morgan fingerprint density at radius 2 is 1.90 bits per heavy atom. The van der Waals surface area contributed by atoms with Gasteiger partial charge in [-0.3, -0.25) is 14.4 Å². The van der Waals surface area contributed by atoms with E-state index in [1.807, 2.05) is 6.07 Å². The van der Waals surface area contributed by atoms with Gasteiger partial charge in [0.15, 0.2) is 5.78 Å². The minimum atomic E-state index is -1.26. The number of halogens is 1. The van der Waals surface area contributed by atoms with Gasteiger partial charge in [-0.2, -0.15) is 9.78 Å². The number of nitrogens with zero attached hydrogens (tertiary/aromatic N) is 5. The van der Waals surface area contributed by atoms with Crippen molar-refractivity contribution in [2.24, 2.45) is 5.41 Å².